The van der Waals surface area contributed by atoms with Crippen molar-refractivity contribution in [2.75, 3.05) is 0 Å². The van der Waals surface area contributed by atoms with Crippen LogP contribution in [0, 0.1) is 5.92 Å². The first-order chi connectivity index (χ1) is 8.32. The molecule has 2 N–H and O–H groups in total. The summed E-state index contributed by atoms with van der Waals surface area (Å²) < 4.78 is 41.4. The molecule has 0 fully saturated rings. The molecule has 5 nitrogen and oxygen atoms in total. The number of aliphatic carboxylic acids is 1. The van der Waals surface area contributed by atoms with Crippen molar-refractivity contribution in [3.05, 3.63) is 0 Å². The molecule has 0 radical (unpaired) electrons. The maximum atomic E-state index is 12.2. The van der Waals surface area contributed by atoms with E-state index in [0.717, 1.165) is 6.92 Å². The molecule has 0 aromatic rings. The van der Waals surface area contributed by atoms with Gasteiger partial charge in [0.15, 0.2) is 0 Å². The number of carbonyl (C=O) groups excluding carboxylic acids is 1. The van der Waals surface area contributed by atoms with Gasteiger partial charge < -0.3 is 15.2 Å². The Morgan fingerprint density at radius 2 is 1.74 bits per heavy atom. The molecule has 0 aliphatic carbocycles. The third-order valence-electron chi connectivity index (χ3n) is 2.06. The predicted molar refractivity (Wildman–Crippen MR) is 60.6 cm³/mol. The first kappa shape index (κ1) is 17.5. The van der Waals surface area contributed by atoms with Gasteiger partial charge in [-0.25, -0.2) is 9.59 Å². The summed E-state index contributed by atoms with van der Waals surface area (Å²) in [6.45, 7) is 5.77. The highest BCUT2D eigenvalue weighted by Gasteiger charge is 2.37. The number of rotatable bonds is 4. The van der Waals surface area contributed by atoms with E-state index < -0.39 is 42.2 Å². The summed E-state index contributed by atoms with van der Waals surface area (Å²) in [4.78, 5) is 22.3. The van der Waals surface area contributed by atoms with Crippen LogP contribution in [0.2, 0.25) is 0 Å². The maximum Gasteiger partial charge on any atom is 0.408 e. The van der Waals surface area contributed by atoms with E-state index >= 15 is 0 Å². The van der Waals surface area contributed by atoms with E-state index in [1.807, 2.05) is 5.32 Å². The highest BCUT2D eigenvalue weighted by atomic mass is 19.4. The van der Waals surface area contributed by atoms with Crippen molar-refractivity contribution in [3.63, 3.8) is 0 Å². The van der Waals surface area contributed by atoms with Crippen molar-refractivity contribution >= 4 is 12.1 Å². The summed E-state index contributed by atoms with van der Waals surface area (Å²) in [6, 6.07) is -1.66. The van der Waals surface area contributed by atoms with E-state index in [9.17, 15) is 22.8 Å². The van der Waals surface area contributed by atoms with E-state index in [2.05, 4.69) is 0 Å². The van der Waals surface area contributed by atoms with Crippen LogP contribution in [0.25, 0.3) is 0 Å². The Labute approximate surface area is 109 Å². The van der Waals surface area contributed by atoms with E-state index in [1.165, 1.54) is 0 Å². The summed E-state index contributed by atoms with van der Waals surface area (Å²) in [6.07, 6.45) is -6.86. The van der Waals surface area contributed by atoms with Gasteiger partial charge in [-0.2, -0.15) is 13.2 Å². The maximum absolute atomic E-state index is 12.2. The molecule has 0 spiro atoms. The fourth-order valence-corrected chi connectivity index (χ4v) is 1.36. The molecule has 1 amide bonds. The third kappa shape index (κ3) is 8.28. The number of hydrogen-bond donors (Lipinski definition) is 2. The number of halogens is 3. The lowest BCUT2D eigenvalue weighted by atomic mass is 9.98. The summed E-state index contributed by atoms with van der Waals surface area (Å²) in [5, 5.41) is 10.8. The molecule has 2 unspecified atom stereocenters. The third-order valence-corrected chi connectivity index (χ3v) is 2.06. The van der Waals surface area contributed by atoms with Crippen LogP contribution in [-0.4, -0.2) is 35.0 Å². The monoisotopic (exact) mass is 285 g/mol. The average molecular weight is 285 g/mol. The second-order valence-electron chi connectivity index (χ2n) is 5.26. The minimum absolute atomic E-state index is 0.861. The van der Waals surface area contributed by atoms with Crippen molar-refractivity contribution in [1.29, 1.82) is 0 Å². The van der Waals surface area contributed by atoms with Crippen LogP contribution in [-0.2, 0) is 9.53 Å². The predicted octanol–water partition coefficient (Wildman–Crippen LogP) is 2.55. The number of ether oxygens (including phenoxy) is 1. The van der Waals surface area contributed by atoms with Crippen LogP contribution in [0.15, 0.2) is 0 Å². The standard InChI is InChI=1S/C11H18F3NO4/c1-6(5-11(12,13)14)7(8(16)17)15-9(18)19-10(2,3)4/h6-7H,5H2,1-4H3,(H,15,18)(H,16,17). The number of alkyl carbamates (subject to hydrolysis) is 1. The number of alkyl halides is 3. The quantitative estimate of drug-likeness (QED) is 0.832. The van der Waals surface area contributed by atoms with Crippen LogP contribution < -0.4 is 5.32 Å². The van der Waals surface area contributed by atoms with Crippen LogP contribution in [0.5, 0.6) is 0 Å². The van der Waals surface area contributed by atoms with Gasteiger partial charge in [0.05, 0.1) is 0 Å². The normalized spacial score (nSPS) is 15.5. The molecule has 0 aromatic carbocycles. The summed E-state index contributed by atoms with van der Waals surface area (Å²) in [5.41, 5.74) is -0.861. The molecular formula is C11H18F3NO4. The molecule has 0 saturated carbocycles. The lowest BCUT2D eigenvalue weighted by molar-refractivity contribution is -0.153. The van der Waals surface area contributed by atoms with E-state index in [-0.39, 0.29) is 0 Å². The first-order valence-corrected chi connectivity index (χ1v) is 5.61. The fraction of sp³-hybridized carbons (Fsp3) is 0.818. The van der Waals surface area contributed by atoms with Crippen molar-refractivity contribution in [2.45, 2.75) is 51.9 Å². The molecule has 0 rings (SSSR count). The molecule has 0 heterocycles. The Morgan fingerprint density at radius 1 is 1.26 bits per heavy atom. The van der Waals surface area contributed by atoms with Gasteiger partial charge in [0.1, 0.15) is 11.6 Å². The summed E-state index contributed by atoms with van der Waals surface area (Å²) >= 11 is 0. The average Bonchev–Trinajstić information content (AvgIpc) is 2.07. The Morgan fingerprint density at radius 3 is 2.05 bits per heavy atom. The van der Waals surface area contributed by atoms with Gasteiger partial charge in [0.25, 0.3) is 0 Å². The molecule has 2 atom stereocenters. The van der Waals surface area contributed by atoms with E-state index in [0.29, 0.717) is 0 Å². The molecule has 8 heteroatoms. The minimum Gasteiger partial charge on any atom is -0.480 e. The first-order valence-electron chi connectivity index (χ1n) is 5.61. The molecule has 0 aromatic heterocycles. The molecule has 0 aliphatic rings. The fourth-order valence-electron chi connectivity index (χ4n) is 1.36. The van der Waals surface area contributed by atoms with Gasteiger partial charge >= 0.3 is 18.2 Å². The van der Waals surface area contributed by atoms with Crippen LogP contribution >= 0.6 is 0 Å². The van der Waals surface area contributed by atoms with Gasteiger partial charge in [-0.15, -0.1) is 0 Å². The van der Waals surface area contributed by atoms with Crippen molar-refractivity contribution in [3.8, 4) is 0 Å². The summed E-state index contributed by atoms with van der Waals surface area (Å²) in [5.74, 6) is -2.84. The SMILES string of the molecule is CC(CC(F)(F)F)C(NC(=O)OC(C)(C)C)C(=O)O. The van der Waals surface area contributed by atoms with Gasteiger partial charge in [0, 0.05) is 6.42 Å². The Kier molecular flexibility index (Phi) is 5.64. The second kappa shape index (κ2) is 6.12. The molecule has 0 aliphatic heterocycles. The smallest absolute Gasteiger partial charge is 0.408 e. The molecular weight excluding hydrogens is 267 g/mol. The van der Waals surface area contributed by atoms with Crippen molar-refractivity contribution in [1.82, 2.24) is 5.32 Å². The lowest BCUT2D eigenvalue weighted by Gasteiger charge is -2.25. The van der Waals surface area contributed by atoms with Crippen LogP contribution in [0.3, 0.4) is 0 Å². The zero-order chi connectivity index (χ0) is 15.4. The van der Waals surface area contributed by atoms with E-state index in [1.54, 1.807) is 20.8 Å². The topological polar surface area (TPSA) is 75.6 Å². The zero-order valence-corrected chi connectivity index (χ0v) is 11.2. The number of nitrogens with one attached hydrogen (secondary N) is 1. The summed E-state index contributed by atoms with van der Waals surface area (Å²) in [7, 11) is 0. The molecule has 19 heavy (non-hydrogen) atoms. The molecule has 0 bridgehead atoms. The van der Waals surface area contributed by atoms with Gasteiger partial charge in [0.2, 0.25) is 0 Å². The Balaban J connectivity index is 4.67. The number of hydrogen-bond acceptors (Lipinski definition) is 3. The molecule has 112 valence electrons. The van der Waals surface area contributed by atoms with Gasteiger partial charge in [-0.3, -0.25) is 0 Å². The van der Waals surface area contributed by atoms with Gasteiger partial charge in [-0.1, -0.05) is 6.92 Å². The van der Waals surface area contributed by atoms with Crippen molar-refractivity contribution < 1.29 is 32.6 Å². The van der Waals surface area contributed by atoms with Crippen LogP contribution in [0.4, 0.5) is 18.0 Å². The van der Waals surface area contributed by atoms with Crippen LogP contribution in [0.1, 0.15) is 34.1 Å². The highest BCUT2D eigenvalue weighted by Crippen LogP contribution is 2.26. The number of amides is 1. The molecule has 0 saturated heterocycles. The highest BCUT2D eigenvalue weighted by molar-refractivity contribution is 5.80. The number of carbonyl (C=O) groups is 2. The number of carboxylic acid groups (broad SMARTS) is 1. The Hall–Kier alpha value is -1.47. The Bertz CT molecular complexity index is 336. The van der Waals surface area contributed by atoms with Crippen molar-refractivity contribution in [2.24, 2.45) is 5.92 Å². The lowest BCUT2D eigenvalue weighted by Crippen LogP contribution is -2.47. The van der Waals surface area contributed by atoms with E-state index in [4.69, 9.17) is 9.84 Å². The minimum atomic E-state index is -4.50. The van der Waals surface area contributed by atoms with Gasteiger partial charge in [-0.05, 0) is 26.7 Å². The number of carboxylic acids is 1. The second-order valence-corrected chi connectivity index (χ2v) is 5.26. The zero-order valence-electron chi connectivity index (χ0n) is 11.2. The largest absolute Gasteiger partial charge is 0.480 e.